The van der Waals surface area contributed by atoms with Gasteiger partial charge in [0.25, 0.3) is 0 Å². The highest BCUT2D eigenvalue weighted by Gasteiger charge is 2.21. The molecular weight excluding hydrogens is 356 g/mol. The van der Waals surface area contributed by atoms with Gasteiger partial charge in [0.15, 0.2) is 11.5 Å². The van der Waals surface area contributed by atoms with Crippen LogP contribution in [0.5, 0.6) is 11.5 Å². The Balaban J connectivity index is 1.68. The van der Waals surface area contributed by atoms with Crippen LogP contribution in [-0.2, 0) is 15.0 Å². The van der Waals surface area contributed by atoms with Gasteiger partial charge in [-0.1, -0.05) is 39.0 Å². The summed E-state index contributed by atoms with van der Waals surface area (Å²) in [4.78, 5) is 26.2. The zero-order valence-corrected chi connectivity index (χ0v) is 16.7. The molecule has 6 heteroatoms. The van der Waals surface area contributed by atoms with E-state index in [0.29, 0.717) is 17.2 Å². The molecule has 0 unspecified atom stereocenters. The third-order valence-corrected chi connectivity index (χ3v) is 4.62. The van der Waals surface area contributed by atoms with Gasteiger partial charge in [-0.25, -0.2) is 0 Å². The van der Waals surface area contributed by atoms with Gasteiger partial charge in [-0.2, -0.15) is 0 Å². The number of carbonyl (C=O) groups is 2. The molecule has 3 rings (SSSR count). The SMILES string of the molecule is CC(=O)N(CCC(=O)Nc1ccccc1C(C)(C)C)c1ccc2c(c1)OCO2. The Morgan fingerprint density at radius 2 is 1.79 bits per heavy atom. The predicted octanol–water partition coefficient (Wildman–Crippen LogP) is 4.09. The zero-order chi connectivity index (χ0) is 20.3. The highest BCUT2D eigenvalue weighted by Crippen LogP contribution is 2.35. The summed E-state index contributed by atoms with van der Waals surface area (Å²) in [6.07, 6.45) is 0.187. The van der Waals surface area contributed by atoms with Gasteiger partial charge >= 0.3 is 0 Å². The lowest BCUT2D eigenvalue weighted by Gasteiger charge is -2.24. The molecule has 0 saturated heterocycles. The topological polar surface area (TPSA) is 67.9 Å². The Labute approximate surface area is 165 Å². The van der Waals surface area contributed by atoms with E-state index in [9.17, 15) is 9.59 Å². The monoisotopic (exact) mass is 382 g/mol. The minimum absolute atomic E-state index is 0.0816. The van der Waals surface area contributed by atoms with Crippen molar-refractivity contribution in [1.29, 1.82) is 0 Å². The number of benzene rings is 2. The van der Waals surface area contributed by atoms with Crippen molar-refractivity contribution in [3.63, 3.8) is 0 Å². The molecule has 0 aromatic heterocycles. The van der Waals surface area contributed by atoms with Crippen molar-refractivity contribution in [3.05, 3.63) is 48.0 Å². The molecule has 0 atom stereocenters. The second kappa shape index (κ2) is 7.92. The van der Waals surface area contributed by atoms with E-state index in [1.807, 2.05) is 24.3 Å². The fourth-order valence-corrected chi connectivity index (χ4v) is 3.19. The van der Waals surface area contributed by atoms with Crippen LogP contribution in [0.25, 0.3) is 0 Å². The van der Waals surface area contributed by atoms with Crippen molar-refractivity contribution in [2.24, 2.45) is 0 Å². The first-order valence-corrected chi connectivity index (χ1v) is 9.33. The van der Waals surface area contributed by atoms with E-state index in [1.165, 1.54) is 6.92 Å². The van der Waals surface area contributed by atoms with Gasteiger partial charge < -0.3 is 19.7 Å². The van der Waals surface area contributed by atoms with Gasteiger partial charge in [0.05, 0.1) is 0 Å². The van der Waals surface area contributed by atoms with Crippen molar-refractivity contribution >= 4 is 23.2 Å². The van der Waals surface area contributed by atoms with E-state index in [4.69, 9.17) is 9.47 Å². The molecule has 0 saturated carbocycles. The Kier molecular flexibility index (Phi) is 5.58. The van der Waals surface area contributed by atoms with Gasteiger partial charge in [-0.3, -0.25) is 9.59 Å². The zero-order valence-electron chi connectivity index (χ0n) is 16.7. The maximum atomic E-state index is 12.5. The minimum Gasteiger partial charge on any atom is -0.454 e. The second-order valence-electron chi connectivity index (χ2n) is 7.80. The van der Waals surface area contributed by atoms with Crippen LogP contribution in [0.15, 0.2) is 42.5 Å². The van der Waals surface area contributed by atoms with Crippen LogP contribution in [0, 0.1) is 0 Å². The number of anilines is 2. The molecule has 0 spiro atoms. The number of hydrogen-bond donors (Lipinski definition) is 1. The predicted molar refractivity (Wildman–Crippen MR) is 109 cm³/mol. The molecular formula is C22H26N2O4. The Hall–Kier alpha value is -3.02. The molecule has 1 aliphatic heterocycles. The first-order chi connectivity index (χ1) is 13.3. The maximum absolute atomic E-state index is 12.5. The van der Waals surface area contributed by atoms with Crippen LogP contribution in [-0.4, -0.2) is 25.2 Å². The lowest BCUT2D eigenvalue weighted by atomic mass is 9.86. The minimum atomic E-state index is -0.137. The van der Waals surface area contributed by atoms with Crippen molar-refractivity contribution in [1.82, 2.24) is 0 Å². The maximum Gasteiger partial charge on any atom is 0.231 e. The third-order valence-electron chi connectivity index (χ3n) is 4.62. The van der Waals surface area contributed by atoms with E-state index in [-0.39, 0.29) is 37.0 Å². The third kappa shape index (κ3) is 4.44. The lowest BCUT2D eigenvalue weighted by molar-refractivity contribution is -0.117. The van der Waals surface area contributed by atoms with Gasteiger partial charge in [0, 0.05) is 37.3 Å². The van der Waals surface area contributed by atoms with Crippen LogP contribution in [0.2, 0.25) is 0 Å². The van der Waals surface area contributed by atoms with Crippen molar-refractivity contribution in [3.8, 4) is 11.5 Å². The van der Waals surface area contributed by atoms with Gasteiger partial charge in [-0.05, 0) is 29.2 Å². The van der Waals surface area contributed by atoms with Crippen molar-refractivity contribution < 1.29 is 19.1 Å². The first kappa shape index (κ1) is 19.7. The van der Waals surface area contributed by atoms with Gasteiger partial charge in [0.2, 0.25) is 18.6 Å². The molecule has 6 nitrogen and oxygen atoms in total. The average Bonchev–Trinajstić information content (AvgIpc) is 3.09. The smallest absolute Gasteiger partial charge is 0.231 e. The van der Waals surface area contributed by atoms with Crippen molar-refractivity contribution in [2.75, 3.05) is 23.6 Å². The molecule has 0 bridgehead atoms. The van der Waals surface area contributed by atoms with Crippen LogP contribution >= 0.6 is 0 Å². The number of rotatable bonds is 5. The number of nitrogens with zero attached hydrogens (tertiary/aromatic N) is 1. The van der Waals surface area contributed by atoms with Gasteiger partial charge in [0.1, 0.15) is 0 Å². The largest absolute Gasteiger partial charge is 0.454 e. The quantitative estimate of drug-likeness (QED) is 0.846. The summed E-state index contributed by atoms with van der Waals surface area (Å²) in [5, 5.41) is 2.98. The summed E-state index contributed by atoms with van der Waals surface area (Å²) in [6.45, 7) is 8.25. The summed E-state index contributed by atoms with van der Waals surface area (Å²) < 4.78 is 10.7. The number of hydrogen-bond acceptors (Lipinski definition) is 4. The summed E-state index contributed by atoms with van der Waals surface area (Å²) in [5.41, 5.74) is 2.47. The number of nitrogens with one attached hydrogen (secondary N) is 1. The molecule has 0 aliphatic carbocycles. The fourth-order valence-electron chi connectivity index (χ4n) is 3.19. The van der Waals surface area contributed by atoms with Crippen LogP contribution in [0.3, 0.4) is 0 Å². The van der Waals surface area contributed by atoms with E-state index in [2.05, 4.69) is 26.1 Å². The molecule has 2 aromatic carbocycles. The first-order valence-electron chi connectivity index (χ1n) is 9.33. The fraction of sp³-hybridized carbons (Fsp3) is 0.364. The number of para-hydroxylation sites is 1. The highest BCUT2D eigenvalue weighted by molar-refractivity contribution is 5.95. The summed E-state index contributed by atoms with van der Waals surface area (Å²) in [5.74, 6) is 0.988. The number of carbonyl (C=O) groups excluding carboxylic acids is 2. The standard InChI is InChI=1S/C22H26N2O4/c1-15(25)24(16-9-10-19-20(13-16)28-14-27-19)12-11-21(26)23-18-8-6-5-7-17(18)22(2,3)4/h5-10,13H,11-12,14H2,1-4H3,(H,23,26). The van der Waals surface area contributed by atoms with E-state index < -0.39 is 0 Å². The van der Waals surface area contributed by atoms with Crippen molar-refractivity contribution in [2.45, 2.75) is 39.5 Å². The molecule has 0 radical (unpaired) electrons. The molecule has 1 aliphatic rings. The molecule has 2 aromatic rings. The normalized spacial score (nSPS) is 12.6. The van der Waals surface area contributed by atoms with E-state index in [0.717, 1.165) is 11.3 Å². The Morgan fingerprint density at radius 1 is 1.07 bits per heavy atom. The number of amides is 2. The second-order valence-corrected chi connectivity index (χ2v) is 7.80. The molecule has 1 N–H and O–H groups in total. The summed E-state index contributed by atoms with van der Waals surface area (Å²) >= 11 is 0. The molecule has 28 heavy (non-hydrogen) atoms. The van der Waals surface area contributed by atoms with Crippen LogP contribution in [0.4, 0.5) is 11.4 Å². The lowest BCUT2D eigenvalue weighted by Crippen LogP contribution is -2.32. The van der Waals surface area contributed by atoms with Crippen LogP contribution < -0.4 is 19.7 Å². The molecule has 2 amide bonds. The molecule has 0 fully saturated rings. The number of ether oxygens (including phenoxy) is 2. The number of fused-ring (bicyclic) bond motifs is 1. The Morgan fingerprint density at radius 3 is 2.50 bits per heavy atom. The van der Waals surface area contributed by atoms with Gasteiger partial charge in [-0.15, -0.1) is 0 Å². The van der Waals surface area contributed by atoms with Crippen LogP contribution in [0.1, 0.15) is 39.7 Å². The molecule has 148 valence electrons. The highest BCUT2D eigenvalue weighted by atomic mass is 16.7. The average molecular weight is 382 g/mol. The molecule has 1 heterocycles. The Bertz CT molecular complexity index is 886. The van der Waals surface area contributed by atoms with E-state index in [1.54, 1.807) is 23.1 Å². The summed E-state index contributed by atoms with van der Waals surface area (Å²) in [7, 11) is 0. The summed E-state index contributed by atoms with van der Waals surface area (Å²) in [6, 6.07) is 13.1. The van der Waals surface area contributed by atoms with E-state index >= 15 is 0 Å².